The number of hydrogen-bond acceptors (Lipinski definition) is 4. The summed E-state index contributed by atoms with van der Waals surface area (Å²) in [5.41, 5.74) is 0.248. The molecule has 0 radical (unpaired) electrons. The molecule has 2 N–H and O–H groups in total. The van der Waals surface area contributed by atoms with E-state index in [1.807, 2.05) is 0 Å². The molecule has 0 unspecified atom stereocenters. The van der Waals surface area contributed by atoms with Crippen molar-refractivity contribution in [2.45, 2.75) is 13.0 Å². The van der Waals surface area contributed by atoms with Crippen molar-refractivity contribution in [1.29, 1.82) is 0 Å². The van der Waals surface area contributed by atoms with E-state index in [9.17, 15) is 19.1 Å². The number of halogens is 3. The molecule has 0 atom stereocenters. The molecular formula is C19H14Cl2FNO5. The Morgan fingerprint density at radius 2 is 1.96 bits per heavy atom. The van der Waals surface area contributed by atoms with Crippen LogP contribution in [-0.4, -0.2) is 27.5 Å². The Balaban J connectivity index is 2.19. The van der Waals surface area contributed by atoms with Crippen molar-refractivity contribution in [3.63, 3.8) is 0 Å². The van der Waals surface area contributed by atoms with Gasteiger partial charge in [-0.25, -0.2) is 9.18 Å². The molecule has 28 heavy (non-hydrogen) atoms. The number of rotatable bonds is 5. The second-order valence-corrected chi connectivity index (χ2v) is 6.74. The highest BCUT2D eigenvalue weighted by atomic mass is 35.5. The number of aliphatic hydroxyl groups is 1. The van der Waals surface area contributed by atoms with E-state index >= 15 is 0 Å². The largest absolute Gasteiger partial charge is 0.511 e. The average molecular weight is 426 g/mol. The molecular weight excluding hydrogens is 412 g/mol. The summed E-state index contributed by atoms with van der Waals surface area (Å²) in [4.78, 5) is 23.5. The van der Waals surface area contributed by atoms with Gasteiger partial charge in [0.2, 0.25) is 5.43 Å². The van der Waals surface area contributed by atoms with Crippen LogP contribution >= 0.6 is 23.2 Å². The Labute approximate surface area is 168 Å². The molecule has 0 aliphatic heterocycles. The predicted octanol–water partition coefficient (Wildman–Crippen LogP) is 4.09. The minimum absolute atomic E-state index is 0.0195. The SMILES string of the molecule is O=C(O)Oc1cn(CCO)c2cc(F)c(Cc3cccc(Cl)c3Cl)cc2c1=O. The summed E-state index contributed by atoms with van der Waals surface area (Å²) < 4.78 is 20.6. The van der Waals surface area contributed by atoms with Crippen LogP contribution in [0, 0.1) is 5.82 Å². The smallest absolute Gasteiger partial charge is 0.449 e. The van der Waals surface area contributed by atoms with Crippen LogP contribution in [-0.2, 0) is 13.0 Å². The highest BCUT2D eigenvalue weighted by Crippen LogP contribution is 2.29. The van der Waals surface area contributed by atoms with Crippen molar-refractivity contribution in [3.8, 4) is 5.75 Å². The number of ether oxygens (including phenoxy) is 1. The maximum absolute atomic E-state index is 14.7. The lowest BCUT2D eigenvalue weighted by molar-refractivity contribution is 0.143. The fraction of sp³-hybridized carbons (Fsp3) is 0.158. The fourth-order valence-electron chi connectivity index (χ4n) is 2.91. The van der Waals surface area contributed by atoms with E-state index in [1.165, 1.54) is 10.6 Å². The molecule has 2 aromatic carbocycles. The first-order valence-electron chi connectivity index (χ1n) is 8.12. The normalized spacial score (nSPS) is 11.0. The van der Waals surface area contributed by atoms with E-state index in [4.69, 9.17) is 28.3 Å². The molecule has 0 saturated carbocycles. The summed E-state index contributed by atoms with van der Waals surface area (Å²) in [5.74, 6) is -1.02. The number of nitrogens with zero attached hydrogens (tertiary/aromatic N) is 1. The minimum atomic E-state index is -1.65. The number of aromatic nitrogens is 1. The van der Waals surface area contributed by atoms with E-state index in [0.717, 1.165) is 12.3 Å². The van der Waals surface area contributed by atoms with E-state index in [1.54, 1.807) is 18.2 Å². The average Bonchev–Trinajstić information content (AvgIpc) is 2.63. The van der Waals surface area contributed by atoms with Crippen molar-refractivity contribution >= 4 is 40.3 Å². The lowest BCUT2D eigenvalue weighted by atomic mass is 10.0. The van der Waals surface area contributed by atoms with Gasteiger partial charge in [-0.1, -0.05) is 35.3 Å². The number of aliphatic hydroxyl groups excluding tert-OH is 1. The quantitative estimate of drug-likeness (QED) is 0.601. The maximum Gasteiger partial charge on any atom is 0.511 e. The Bertz CT molecular complexity index is 1130. The molecule has 6 nitrogen and oxygen atoms in total. The third-order valence-corrected chi connectivity index (χ3v) is 5.02. The van der Waals surface area contributed by atoms with Gasteiger partial charge in [-0.05, 0) is 29.3 Å². The molecule has 0 fully saturated rings. The first kappa shape index (κ1) is 20.1. The van der Waals surface area contributed by atoms with Crippen LogP contribution in [0.3, 0.4) is 0 Å². The van der Waals surface area contributed by atoms with Crippen LogP contribution in [0.5, 0.6) is 5.75 Å². The van der Waals surface area contributed by atoms with Gasteiger partial charge < -0.3 is 19.5 Å². The third kappa shape index (κ3) is 3.96. The van der Waals surface area contributed by atoms with Gasteiger partial charge in [0.05, 0.1) is 33.8 Å². The van der Waals surface area contributed by atoms with Gasteiger partial charge in [-0.3, -0.25) is 4.79 Å². The van der Waals surface area contributed by atoms with E-state index in [2.05, 4.69) is 4.74 Å². The van der Waals surface area contributed by atoms with Crippen molar-refractivity contribution in [3.05, 3.63) is 73.7 Å². The van der Waals surface area contributed by atoms with Crippen LogP contribution in [0.15, 0.2) is 41.3 Å². The molecule has 1 aromatic heterocycles. The van der Waals surface area contributed by atoms with Crippen LogP contribution < -0.4 is 10.2 Å². The molecule has 0 saturated heterocycles. The molecule has 0 amide bonds. The molecule has 0 bridgehead atoms. The van der Waals surface area contributed by atoms with Gasteiger partial charge in [-0.2, -0.15) is 0 Å². The number of benzene rings is 2. The highest BCUT2D eigenvalue weighted by Gasteiger charge is 2.17. The Hall–Kier alpha value is -2.61. The van der Waals surface area contributed by atoms with Gasteiger partial charge in [0.15, 0.2) is 5.75 Å². The van der Waals surface area contributed by atoms with Gasteiger partial charge in [0.1, 0.15) is 5.82 Å². The van der Waals surface area contributed by atoms with Crippen LogP contribution in [0.25, 0.3) is 10.9 Å². The van der Waals surface area contributed by atoms with Crippen LogP contribution in [0.2, 0.25) is 10.0 Å². The van der Waals surface area contributed by atoms with Gasteiger partial charge in [0, 0.05) is 13.0 Å². The molecule has 0 aliphatic rings. The van der Waals surface area contributed by atoms with Crippen LogP contribution in [0.4, 0.5) is 9.18 Å². The van der Waals surface area contributed by atoms with E-state index in [-0.39, 0.29) is 41.1 Å². The molecule has 0 spiro atoms. The molecule has 3 rings (SSSR count). The number of fused-ring (bicyclic) bond motifs is 1. The second kappa shape index (κ2) is 8.18. The summed E-state index contributed by atoms with van der Waals surface area (Å²) in [6.45, 7) is -0.280. The molecule has 0 aliphatic carbocycles. The summed E-state index contributed by atoms with van der Waals surface area (Å²) in [6.07, 6.45) is -0.452. The van der Waals surface area contributed by atoms with Gasteiger partial charge >= 0.3 is 6.16 Å². The topological polar surface area (TPSA) is 88.8 Å². The standard InChI is InChI=1S/C19H14Cl2FNO5/c20-13-3-1-2-10(17(13)21)6-11-7-12-15(8-14(11)22)23(4-5-24)9-16(18(12)25)28-19(26)27/h1-3,7-9,24H,4-6H2,(H,26,27). The maximum atomic E-state index is 14.7. The van der Waals surface area contributed by atoms with E-state index < -0.39 is 23.2 Å². The van der Waals surface area contributed by atoms with Crippen molar-refractivity contribution in [1.82, 2.24) is 4.57 Å². The fourth-order valence-corrected chi connectivity index (χ4v) is 3.30. The summed E-state index contributed by atoms with van der Waals surface area (Å²) in [7, 11) is 0. The Morgan fingerprint density at radius 1 is 1.21 bits per heavy atom. The van der Waals surface area contributed by atoms with Crippen molar-refractivity contribution in [2.24, 2.45) is 0 Å². The third-order valence-electron chi connectivity index (χ3n) is 4.17. The molecule has 3 aromatic rings. The van der Waals surface area contributed by atoms with Gasteiger partial charge in [-0.15, -0.1) is 0 Å². The lowest BCUT2D eigenvalue weighted by Crippen LogP contribution is -2.17. The minimum Gasteiger partial charge on any atom is -0.449 e. The lowest BCUT2D eigenvalue weighted by Gasteiger charge is -2.14. The number of carbonyl (C=O) groups is 1. The predicted molar refractivity (Wildman–Crippen MR) is 103 cm³/mol. The van der Waals surface area contributed by atoms with Crippen LogP contribution in [0.1, 0.15) is 11.1 Å². The molecule has 1 heterocycles. The number of hydrogen-bond donors (Lipinski definition) is 2. The van der Waals surface area contributed by atoms with Crippen molar-refractivity contribution in [2.75, 3.05) is 6.61 Å². The van der Waals surface area contributed by atoms with Crippen molar-refractivity contribution < 1.29 is 24.1 Å². The second-order valence-electron chi connectivity index (χ2n) is 5.96. The zero-order chi connectivity index (χ0) is 20.4. The summed E-state index contributed by atoms with van der Waals surface area (Å²) in [6, 6.07) is 7.45. The summed E-state index contributed by atoms with van der Waals surface area (Å²) in [5, 5.41) is 18.7. The van der Waals surface area contributed by atoms with E-state index in [0.29, 0.717) is 10.6 Å². The Kier molecular flexibility index (Phi) is 5.88. The number of pyridine rings is 1. The monoisotopic (exact) mass is 425 g/mol. The highest BCUT2D eigenvalue weighted by molar-refractivity contribution is 6.42. The zero-order valence-corrected chi connectivity index (χ0v) is 15.8. The van der Waals surface area contributed by atoms with Gasteiger partial charge in [0.25, 0.3) is 0 Å². The first-order chi connectivity index (χ1) is 13.3. The Morgan fingerprint density at radius 3 is 2.64 bits per heavy atom. The zero-order valence-electron chi connectivity index (χ0n) is 14.3. The molecule has 9 heteroatoms. The summed E-state index contributed by atoms with van der Waals surface area (Å²) >= 11 is 12.2. The first-order valence-corrected chi connectivity index (χ1v) is 8.87. The molecule has 146 valence electrons. The number of carboxylic acid groups (broad SMARTS) is 1.